The minimum Gasteiger partial charge on any atom is -0.482 e. The van der Waals surface area contributed by atoms with E-state index in [0.717, 1.165) is 4.57 Å². The van der Waals surface area contributed by atoms with Crippen LogP contribution in [0, 0.1) is 29.1 Å². The zero-order chi connectivity index (χ0) is 56.7. The Morgan fingerprint density at radius 3 is 2.62 bits per heavy atom. The largest absolute Gasteiger partial charge is 0.482 e. The summed E-state index contributed by atoms with van der Waals surface area (Å²) < 4.78 is 124. The number of hydrogen-bond donors (Lipinski definition) is 9. The van der Waals surface area contributed by atoms with Crippen molar-refractivity contribution in [1.29, 1.82) is 5.41 Å². The number of fused-ring (bicyclic) bond motifs is 1. The molecule has 0 radical (unpaired) electrons. The zero-order valence-corrected chi connectivity index (χ0v) is 47.0. The Labute approximate surface area is 458 Å². The monoisotopic (exact) mass is 1230 g/mol. The molecule has 78 heavy (non-hydrogen) atoms. The molecular weight excluding hydrogens is 1180 g/mol. The van der Waals surface area contributed by atoms with E-state index in [9.17, 15) is 54.6 Å². The van der Waals surface area contributed by atoms with E-state index in [4.69, 9.17) is 55.1 Å². The Bertz CT molecular complexity index is 2990. The van der Waals surface area contributed by atoms with E-state index in [1.54, 1.807) is 0 Å². The SMILES string of the molecule is [N-]=[N+]=N[C@@H](F)OC1C[C@H](n2cc(C#CCNC(=O)CCCOCSSCCNC(=O)C3CC=C(C(=O)O)C(C4=C5CCC(=N)C(S(=O)(=O)O)C5OC5=C4CCC(N)=C5S(=O)(=O)O)C3)c(N)nc2=O)O[C@@H]1COPOPOPO. The van der Waals surface area contributed by atoms with Crippen molar-refractivity contribution in [3.8, 4) is 11.8 Å². The van der Waals surface area contributed by atoms with Gasteiger partial charge in [-0.25, -0.2) is 14.0 Å². The van der Waals surface area contributed by atoms with Crippen LogP contribution in [-0.4, -0.2) is 137 Å². The first-order chi connectivity index (χ1) is 37.1. The Morgan fingerprint density at radius 1 is 1.12 bits per heavy atom. The van der Waals surface area contributed by atoms with E-state index in [0.29, 0.717) is 12.2 Å². The number of anilines is 1. The second-order valence-electron chi connectivity index (χ2n) is 17.2. The van der Waals surface area contributed by atoms with Gasteiger partial charge in [0.15, 0.2) is 37.3 Å². The van der Waals surface area contributed by atoms with Crippen molar-refractivity contribution in [1.82, 2.24) is 20.2 Å². The van der Waals surface area contributed by atoms with E-state index in [1.807, 2.05) is 0 Å². The maximum atomic E-state index is 14.1. The number of hydrogen-bond acceptors (Lipinski definition) is 23. The summed E-state index contributed by atoms with van der Waals surface area (Å²) in [6.45, 7) is -2.16. The average Bonchev–Trinajstić information content (AvgIpc) is 3.77. The second-order valence-corrected chi connectivity index (χ2v) is 25.1. The minimum absolute atomic E-state index is 0.00377. The van der Waals surface area contributed by atoms with E-state index in [1.165, 1.54) is 33.9 Å². The average molecular weight is 1230 g/mol. The number of allylic oxidation sites excluding steroid dienone is 4. The van der Waals surface area contributed by atoms with E-state index >= 15 is 0 Å². The summed E-state index contributed by atoms with van der Waals surface area (Å²) in [5.74, 6) is 1.58. The van der Waals surface area contributed by atoms with Gasteiger partial charge in [-0.2, -0.15) is 21.8 Å². The summed E-state index contributed by atoms with van der Waals surface area (Å²) in [6.07, 6.45) is -1.89. The lowest BCUT2D eigenvalue weighted by Gasteiger charge is -2.43. The topological polar surface area (TPSA) is 449 Å². The first-order valence-electron chi connectivity index (χ1n) is 23.3. The normalized spacial score (nSPS) is 24.2. The number of halogens is 1. The highest BCUT2D eigenvalue weighted by Gasteiger charge is 2.51. The molecule has 6 rings (SSSR count). The van der Waals surface area contributed by atoms with Crippen LogP contribution in [0.15, 0.2) is 60.8 Å². The van der Waals surface area contributed by atoms with Crippen LogP contribution >= 0.6 is 48.7 Å². The predicted molar refractivity (Wildman–Crippen MR) is 284 cm³/mol. The molecule has 37 heteroatoms. The number of aromatic nitrogens is 2. The molecule has 1 aromatic heterocycles. The number of rotatable bonds is 27. The molecule has 1 aromatic rings. The van der Waals surface area contributed by atoms with E-state index in [-0.39, 0.29) is 129 Å². The lowest BCUT2D eigenvalue weighted by Crippen LogP contribution is -2.49. The second kappa shape index (κ2) is 29.4. The highest BCUT2D eigenvalue weighted by Crippen LogP contribution is 2.51. The van der Waals surface area contributed by atoms with Crippen LogP contribution in [0.3, 0.4) is 0 Å². The number of carbonyl (C=O) groups is 3. The molecule has 2 amide bonds. The van der Waals surface area contributed by atoms with Gasteiger partial charge in [-0.1, -0.05) is 39.5 Å². The van der Waals surface area contributed by atoms with Gasteiger partial charge in [-0.05, 0) is 72.3 Å². The molecule has 5 aliphatic rings. The molecule has 11 N–H and O–H groups in total. The molecule has 3 heterocycles. The number of nitrogens with two attached hydrogens (primary N) is 2. The quantitative estimate of drug-likeness (QED) is 0.00583. The smallest absolute Gasteiger partial charge is 0.351 e. The number of aliphatic carboxylic acids is 1. The third-order valence-corrected chi connectivity index (χ3v) is 18.3. The molecule has 0 spiro atoms. The summed E-state index contributed by atoms with van der Waals surface area (Å²) in [7, 11) is -9.16. The molecule has 0 aromatic carbocycles. The Hall–Kier alpha value is -4.35. The number of carboxylic acid groups (broad SMARTS) is 1. The maximum absolute atomic E-state index is 14.1. The van der Waals surface area contributed by atoms with Gasteiger partial charge in [-0.3, -0.25) is 31.9 Å². The summed E-state index contributed by atoms with van der Waals surface area (Å²) >= 11 is 0. The molecule has 1 saturated carbocycles. The molecule has 428 valence electrons. The van der Waals surface area contributed by atoms with Crippen molar-refractivity contribution in [3.63, 3.8) is 0 Å². The molecule has 2 fully saturated rings. The molecule has 0 bridgehead atoms. The lowest BCUT2D eigenvalue weighted by molar-refractivity contribution is -0.134. The fraction of sp³-hybridized carbons (Fsp3) is 0.561. The first kappa shape index (κ1) is 62.8. The van der Waals surface area contributed by atoms with Crippen LogP contribution in [0.2, 0.25) is 0 Å². The van der Waals surface area contributed by atoms with Crippen LogP contribution in [0.5, 0.6) is 0 Å². The summed E-state index contributed by atoms with van der Waals surface area (Å²) in [6, 6.07) is 0. The van der Waals surface area contributed by atoms with Gasteiger partial charge < -0.3 is 61.0 Å². The molecule has 2 aliphatic heterocycles. The van der Waals surface area contributed by atoms with E-state index in [2.05, 4.69) is 41.8 Å². The predicted octanol–water partition coefficient (Wildman–Crippen LogP) is 3.26. The van der Waals surface area contributed by atoms with Crippen LogP contribution in [0.25, 0.3) is 10.4 Å². The van der Waals surface area contributed by atoms with E-state index < -0.39 is 129 Å². The molecule has 1 saturated heterocycles. The first-order valence-corrected chi connectivity index (χ1v) is 31.2. The number of azide groups is 1. The van der Waals surface area contributed by atoms with Gasteiger partial charge in [0.2, 0.25) is 11.8 Å². The van der Waals surface area contributed by atoms with Gasteiger partial charge in [-0.15, -0.1) is 0 Å². The third kappa shape index (κ3) is 16.9. The number of carboxylic acids is 1. The summed E-state index contributed by atoms with van der Waals surface area (Å²) in [5.41, 5.74) is 19.6. The molecule has 11 atom stereocenters. The third-order valence-electron chi connectivity index (χ3n) is 12.4. The molecule has 29 nitrogen and oxygen atoms in total. The number of nitrogen functional groups attached to an aromatic ring is 1. The highest BCUT2D eigenvalue weighted by molar-refractivity contribution is 8.76. The van der Waals surface area contributed by atoms with Crippen LogP contribution in [-0.2, 0) is 66.7 Å². The van der Waals surface area contributed by atoms with Gasteiger partial charge >= 0.3 is 11.7 Å². The molecule has 8 unspecified atom stereocenters. The van der Waals surface area contributed by atoms with Crippen LogP contribution in [0.1, 0.15) is 69.6 Å². The number of amides is 2. The Balaban J connectivity index is 0.930. The Kier molecular flexibility index (Phi) is 23.7. The van der Waals surface area contributed by atoms with Gasteiger partial charge in [0.05, 0.1) is 24.8 Å². The lowest BCUT2D eigenvalue weighted by atomic mass is 9.69. The summed E-state index contributed by atoms with van der Waals surface area (Å²) in [4.78, 5) is 65.6. The zero-order valence-electron chi connectivity index (χ0n) is 40.7. The Morgan fingerprint density at radius 2 is 1.90 bits per heavy atom. The minimum atomic E-state index is -5.08. The van der Waals surface area contributed by atoms with Crippen molar-refractivity contribution in [2.24, 2.45) is 22.7 Å². The van der Waals surface area contributed by atoms with Gasteiger partial charge in [0, 0.05) is 71.7 Å². The van der Waals surface area contributed by atoms with Gasteiger partial charge in [0.1, 0.15) is 36.0 Å². The van der Waals surface area contributed by atoms with Crippen LogP contribution < -0.4 is 27.8 Å². The van der Waals surface area contributed by atoms with Crippen molar-refractivity contribution < 1.29 is 86.8 Å². The van der Waals surface area contributed by atoms with Gasteiger partial charge in [0.25, 0.3) is 26.7 Å². The number of alkyl halides is 1. The number of nitrogens with one attached hydrogen (secondary N) is 3. The van der Waals surface area contributed by atoms with Crippen molar-refractivity contribution in [2.75, 3.05) is 43.7 Å². The van der Waals surface area contributed by atoms with Crippen molar-refractivity contribution in [2.45, 2.75) is 94.1 Å². The number of ether oxygens (including phenoxy) is 4. The summed E-state index contributed by atoms with van der Waals surface area (Å²) in [5, 5.41) is 25.1. The maximum Gasteiger partial charge on any atom is 0.351 e. The molecule has 3 aliphatic carbocycles. The highest BCUT2D eigenvalue weighted by atomic mass is 33.1. The molecular formula is C41H54FN10O19P3S4. The van der Waals surface area contributed by atoms with Crippen LogP contribution in [0.4, 0.5) is 10.2 Å². The fourth-order valence-corrected chi connectivity index (χ4v) is 13.8. The number of nitrogens with zero attached hydrogens (tertiary/aromatic N) is 5. The fourth-order valence-electron chi connectivity index (χ4n) is 9.12. The standard InChI is InChI=1S/C41H54FN10O19P3S4/c42-40(50-51-46)68-28-16-31(67-29(28)18-66-73-71-74-70-72-58)52-17-21(37(45)49-41(52)57)3-1-11-47-30(53)4-2-13-65-19-76-75-14-12-48-38(54)20-5-6-22(39(55)56)25(15-20)32-23-7-9-26(43)35(77(59,60)61)33(23)69-34-24(32)8-10-27(44)36(34)78(62,63)64/h6,17,20,25,28-29,31,33,35,40,43,58,72-74H,2,4-5,7-16,18-19,44H2,(H,47,53)(H,48,54)(H,55,56)(H2,45,49,57)(H,59,60,61)(H,62,63,64)/t20?,25?,28?,29-,31-,33?,35?,40-/m1/s1. The van der Waals surface area contributed by atoms with Crippen molar-refractivity contribution in [3.05, 3.63) is 77.4 Å². The van der Waals surface area contributed by atoms with Crippen molar-refractivity contribution >= 4 is 98.2 Å². The number of carbonyl (C=O) groups excluding carboxylic acids is 2.